The molecule has 1 saturated heterocycles. The smallest absolute Gasteiger partial charge is 0.342 e. The van der Waals surface area contributed by atoms with Crippen LogP contribution in [-0.2, 0) is 14.2 Å². The van der Waals surface area contributed by atoms with Crippen LogP contribution in [0.25, 0.3) is 6.08 Å². The Balaban J connectivity index is 1.94. The number of hydrogen-bond donors (Lipinski definition) is 0. The molecular formula is C23H30O6. The van der Waals surface area contributed by atoms with Gasteiger partial charge < -0.3 is 23.7 Å². The van der Waals surface area contributed by atoms with Crippen LogP contribution < -0.4 is 9.47 Å². The van der Waals surface area contributed by atoms with E-state index in [0.29, 0.717) is 29.0 Å². The van der Waals surface area contributed by atoms with Gasteiger partial charge in [-0.2, -0.15) is 0 Å². The lowest BCUT2D eigenvalue weighted by atomic mass is 10.0. The van der Waals surface area contributed by atoms with Crippen molar-refractivity contribution >= 4 is 12.0 Å². The molecule has 158 valence electrons. The summed E-state index contributed by atoms with van der Waals surface area (Å²) in [6.07, 6.45) is 9.68. The van der Waals surface area contributed by atoms with Crippen LogP contribution in [0, 0.1) is 0 Å². The van der Waals surface area contributed by atoms with E-state index < -0.39 is 11.8 Å². The predicted octanol–water partition coefficient (Wildman–Crippen LogP) is 4.52. The highest BCUT2D eigenvalue weighted by atomic mass is 16.7. The summed E-state index contributed by atoms with van der Waals surface area (Å²) in [5.74, 6) is 0.0205. The first-order valence-electron chi connectivity index (χ1n) is 9.99. The van der Waals surface area contributed by atoms with Crippen LogP contribution in [0.3, 0.4) is 0 Å². The zero-order valence-electron chi connectivity index (χ0n) is 17.8. The minimum Gasteiger partial charge on any atom is -0.497 e. The van der Waals surface area contributed by atoms with Gasteiger partial charge in [0.25, 0.3) is 0 Å². The second kappa shape index (κ2) is 9.01. The fraction of sp³-hybridized carbons (Fsp3) is 0.522. The van der Waals surface area contributed by atoms with Gasteiger partial charge in [-0.15, -0.1) is 0 Å². The van der Waals surface area contributed by atoms with Crippen LogP contribution in [0.15, 0.2) is 30.4 Å². The van der Waals surface area contributed by atoms with Gasteiger partial charge in [-0.25, -0.2) is 4.79 Å². The third-order valence-electron chi connectivity index (χ3n) is 5.00. The van der Waals surface area contributed by atoms with Crippen LogP contribution in [-0.4, -0.2) is 44.3 Å². The third-order valence-corrected chi connectivity index (χ3v) is 5.00. The molecule has 0 aliphatic carbocycles. The van der Waals surface area contributed by atoms with Crippen LogP contribution in [0.2, 0.25) is 0 Å². The Morgan fingerprint density at radius 2 is 1.90 bits per heavy atom. The SMILES string of the molecule is COc1cc2c(c(OC)c1)C(=O)O[C@@H](C)C/C=C/[C@H]1OC(C)(C)O[C@H]1CC/C=C/2. The Labute approximate surface area is 172 Å². The standard InChI is InChI=1S/C23H30O6/c1-15-9-8-12-19-18(28-23(2,3)29-19)11-7-6-10-16-13-17(25-4)14-20(26-5)21(16)22(24)27-15/h6,8,10,12-15,18-19H,7,9,11H2,1-5H3/b10-6+,12-8+/t15-,18-,19+/m0/s1. The van der Waals surface area contributed by atoms with Gasteiger partial charge >= 0.3 is 5.97 Å². The van der Waals surface area contributed by atoms with E-state index in [-0.39, 0.29) is 18.3 Å². The molecule has 2 aliphatic rings. The maximum atomic E-state index is 12.9. The number of benzene rings is 1. The molecular weight excluding hydrogens is 372 g/mol. The lowest BCUT2D eigenvalue weighted by Crippen LogP contribution is -2.21. The van der Waals surface area contributed by atoms with Gasteiger partial charge in [-0.05, 0) is 45.2 Å². The van der Waals surface area contributed by atoms with E-state index in [1.807, 2.05) is 51.1 Å². The Hall–Kier alpha value is -2.31. The molecule has 0 unspecified atom stereocenters. The molecule has 0 saturated carbocycles. The van der Waals surface area contributed by atoms with E-state index in [2.05, 4.69) is 0 Å². The largest absolute Gasteiger partial charge is 0.497 e. The van der Waals surface area contributed by atoms with Gasteiger partial charge in [0, 0.05) is 12.5 Å². The minimum atomic E-state index is -0.608. The molecule has 0 amide bonds. The van der Waals surface area contributed by atoms with E-state index in [1.54, 1.807) is 13.2 Å². The maximum absolute atomic E-state index is 12.9. The fourth-order valence-electron chi connectivity index (χ4n) is 3.65. The molecule has 2 aliphatic heterocycles. The number of ether oxygens (including phenoxy) is 5. The molecule has 6 heteroatoms. The van der Waals surface area contributed by atoms with E-state index in [4.69, 9.17) is 23.7 Å². The molecule has 6 nitrogen and oxygen atoms in total. The Kier molecular flexibility index (Phi) is 6.65. The number of fused-ring (bicyclic) bond motifs is 2. The van der Waals surface area contributed by atoms with Gasteiger partial charge in [-0.1, -0.05) is 24.3 Å². The number of methoxy groups -OCH3 is 2. The highest BCUT2D eigenvalue weighted by Gasteiger charge is 2.39. The lowest BCUT2D eigenvalue weighted by Gasteiger charge is -2.17. The van der Waals surface area contributed by atoms with Crippen molar-refractivity contribution in [3.8, 4) is 11.5 Å². The average Bonchev–Trinajstić information content (AvgIpc) is 2.97. The second-order valence-corrected chi connectivity index (χ2v) is 7.79. The van der Waals surface area contributed by atoms with Crippen molar-refractivity contribution in [1.29, 1.82) is 0 Å². The van der Waals surface area contributed by atoms with E-state index >= 15 is 0 Å². The highest BCUT2D eigenvalue weighted by Crippen LogP contribution is 2.33. The lowest BCUT2D eigenvalue weighted by molar-refractivity contribution is -0.143. The van der Waals surface area contributed by atoms with Crippen LogP contribution in [0.5, 0.6) is 11.5 Å². The minimum absolute atomic E-state index is 0.0222. The summed E-state index contributed by atoms with van der Waals surface area (Å²) >= 11 is 0. The van der Waals surface area contributed by atoms with Gasteiger partial charge in [-0.3, -0.25) is 0 Å². The molecule has 0 spiro atoms. The summed E-state index contributed by atoms with van der Waals surface area (Å²) in [5, 5.41) is 0. The number of rotatable bonds is 2. The van der Waals surface area contributed by atoms with Crippen LogP contribution >= 0.6 is 0 Å². The Bertz CT molecular complexity index is 795. The van der Waals surface area contributed by atoms with Crippen molar-refractivity contribution in [3.05, 3.63) is 41.5 Å². The molecule has 1 aromatic carbocycles. The van der Waals surface area contributed by atoms with Gasteiger partial charge in [0.1, 0.15) is 29.3 Å². The number of hydrogen-bond acceptors (Lipinski definition) is 6. The zero-order valence-corrected chi connectivity index (χ0v) is 17.8. The Morgan fingerprint density at radius 1 is 1.10 bits per heavy atom. The van der Waals surface area contributed by atoms with E-state index in [1.165, 1.54) is 7.11 Å². The van der Waals surface area contributed by atoms with Crippen molar-refractivity contribution < 1.29 is 28.5 Å². The summed E-state index contributed by atoms with van der Waals surface area (Å²) in [6.45, 7) is 5.72. The molecule has 3 atom stereocenters. The van der Waals surface area contributed by atoms with Crippen LogP contribution in [0.1, 0.15) is 56.0 Å². The summed E-state index contributed by atoms with van der Waals surface area (Å²) < 4.78 is 28.6. The third kappa shape index (κ3) is 5.19. The highest BCUT2D eigenvalue weighted by molar-refractivity contribution is 5.97. The number of allylic oxidation sites excluding steroid dienone is 1. The van der Waals surface area contributed by atoms with Crippen molar-refractivity contribution in [2.75, 3.05) is 14.2 Å². The second-order valence-electron chi connectivity index (χ2n) is 7.79. The van der Waals surface area contributed by atoms with Gasteiger partial charge in [0.2, 0.25) is 0 Å². The van der Waals surface area contributed by atoms with Crippen molar-refractivity contribution in [2.24, 2.45) is 0 Å². The first-order chi connectivity index (χ1) is 13.8. The van der Waals surface area contributed by atoms with Crippen molar-refractivity contribution in [2.45, 2.75) is 64.1 Å². The zero-order chi connectivity index (χ0) is 21.0. The van der Waals surface area contributed by atoms with Gasteiger partial charge in [0.05, 0.1) is 20.3 Å². The molecule has 0 radical (unpaired) electrons. The molecule has 2 heterocycles. The number of esters is 1. The topological polar surface area (TPSA) is 63.2 Å². The molecule has 3 rings (SSSR count). The predicted molar refractivity (Wildman–Crippen MR) is 110 cm³/mol. The first kappa shape index (κ1) is 21.4. The Morgan fingerprint density at radius 3 is 2.62 bits per heavy atom. The monoisotopic (exact) mass is 402 g/mol. The normalized spacial score (nSPS) is 29.0. The fourth-order valence-corrected chi connectivity index (χ4v) is 3.65. The van der Waals surface area contributed by atoms with Crippen molar-refractivity contribution in [3.63, 3.8) is 0 Å². The summed E-state index contributed by atoms with van der Waals surface area (Å²) in [4.78, 5) is 12.9. The first-order valence-corrected chi connectivity index (χ1v) is 9.99. The maximum Gasteiger partial charge on any atom is 0.342 e. The van der Waals surface area contributed by atoms with Crippen LogP contribution in [0.4, 0.5) is 0 Å². The van der Waals surface area contributed by atoms with E-state index in [9.17, 15) is 4.79 Å². The molecule has 0 bridgehead atoms. The number of cyclic esters (lactones) is 1. The molecule has 29 heavy (non-hydrogen) atoms. The van der Waals surface area contributed by atoms with E-state index in [0.717, 1.165) is 12.8 Å². The molecule has 0 aromatic heterocycles. The number of carbonyl (C=O) groups excluding carboxylic acids is 1. The van der Waals surface area contributed by atoms with Crippen molar-refractivity contribution in [1.82, 2.24) is 0 Å². The summed E-state index contributed by atoms with van der Waals surface area (Å²) in [6, 6.07) is 3.51. The molecule has 1 fully saturated rings. The average molecular weight is 402 g/mol. The molecule has 1 aromatic rings. The number of carbonyl (C=O) groups is 1. The van der Waals surface area contributed by atoms with Gasteiger partial charge in [0.15, 0.2) is 5.79 Å². The molecule has 0 N–H and O–H groups in total. The quantitative estimate of drug-likeness (QED) is 0.535. The summed E-state index contributed by atoms with van der Waals surface area (Å²) in [5.41, 5.74) is 1.10. The summed E-state index contributed by atoms with van der Waals surface area (Å²) in [7, 11) is 3.11.